The molecule has 0 aromatic rings. The smallest absolute Gasteiger partial charge is 0.324 e. The molecular weight excluding hydrogens is 237 g/mol. The van der Waals surface area contributed by atoms with Gasteiger partial charge in [0, 0.05) is 8.81 Å². The predicted octanol–water partition coefficient (Wildman–Crippen LogP) is 0.979. The van der Waals surface area contributed by atoms with Crippen LogP contribution in [0.15, 0.2) is 0 Å². The van der Waals surface area contributed by atoms with Crippen molar-refractivity contribution in [2.24, 2.45) is 0 Å². The molecule has 2 atom stereocenters. The molecule has 0 spiro atoms. The highest BCUT2D eigenvalue weighted by Crippen LogP contribution is 2.51. The first-order valence-electron chi connectivity index (χ1n) is 3.54. The van der Waals surface area contributed by atoms with Crippen molar-refractivity contribution >= 4 is 24.0 Å². The lowest BCUT2D eigenvalue weighted by Gasteiger charge is -2.11. The highest BCUT2D eigenvalue weighted by Gasteiger charge is 2.24. The minimum absolute atomic E-state index is 0.107. The molecule has 0 aliphatic carbocycles. The molecule has 6 nitrogen and oxygen atoms in total. The Bertz CT molecular complexity index is 234. The monoisotopic (exact) mass is 250 g/mol. The van der Waals surface area contributed by atoms with Gasteiger partial charge in [-0.05, 0) is 6.16 Å². The van der Waals surface area contributed by atoms with Crippen LogP contribution in [0.2, 0.25) is 0 Å². The van der Waals surface area contributed by atoms with Crippen LogP contribution in [0.3, 0.4) is 0 Å². The van der Waals surface area contributed by atoms with E-state index in [-0.39, 0.29) is 8.81 Å². The number of hydrogen-bond acceptors (Lipinski definition) is 3. The first kappa shape index (κ1) is 13.7. The Balaban J connectivity index is 3.90. The van der Waals surface area contributed by atoms with Crippen LogP contribution in [0.5, 0.6) is 0 Å². The lowest BCUT2D eigenvalue weighted by atomic mass is 11.0. The van der Waals surface area contributed by atoms with Crippen molar-refractivity contribution in [1.29, 1.82) is 0 Å². The summed E-state index contributed by atoms with van der Waals surface area (Å²) in [7, 11) is -8.10. The lowest BCUT2D eigenvalue weighted by molar-refractivity contribution is 0.368. The van der Waals surface area contributed by atoms with E-state index in [1.165, 1.54) is 0 Å². The SMILES string of the molecule is CCPOP(=O)(O)CCP(=O)(O)O. The summed E-state index contributed by atoms with van der Waals surface area (Å²) in [4.78, 5) is 25.9. The van der Waals surface area contributed by atoms with Gasteiger partial charge in [-0.1, -0.05) is 6.92 Å². The third-order valence-corrected chi connectivity index (χ3v) is 4.92. The molecular formula is C4H13O6P3. The summed E-state index contributed by atoms with van der Waals surface area (Å²) < 4.78 is 25.9. The van der Waals surface area contributed by atoms with Gasteiger partial charge in [0.2, 0.25) is 0 Å². The standard InChI is InChI=1S/C4H13O6P3/c1-2-11-10-13(8,9)4-3-12(5,6)7/h11H,2-4H2,1H3,(H,8,9)(H2,5,6,7). The highest BCUT2D eigenvalue weighted by atomic mass is 31.2. The Morgan fingerprint density at radius 3 is 2.15 bits per heavy atom. The molecule has 13 heavy (non-hydrogen) atoms. The predicted molar refractivity (Wildman–Crippen MR) is 51.5 cm³/mol. The van der Waals surface area contributed by atoms with Crippen LogP contribution >= 0.6 is 24.0 Å². The lowest BCUT2D eigenvalue weighted by Crippen LogP contribution is -1.97. The fourth-order valence-electron chi connectivity index (χ4n) is 0.468. The summed E-state index contributed by atoms with van der Waals surface area (Å²) in [6.07, 6.45) is -0.500. The molecule has 3 N–H and O–H groups in total. The van der Waals surface area contributed by atoms with Gasteiger partial charge in [0.15, 0.2) is 0 Å². The zero-order valence-electron chi connectivity index (χ0n) is 7.08. The van der Waals surface area contributed by atoms with Crippen LogP contribution in [0, 0.1) is 0 Å². The zero-order chi connectivity index (χ0) is 10.5. The molecule has 0 saturated heterocycles. The number of hydrogen-bond donors (Lipinski definition) is 3. The van der Waals surface area contributed by atoms with Crippen molar-refractivity contribution < 1.29 is 28.1 Å². The summed E-state index contributed by atoms with van der Waals surface area (Å²) in [5.41, 5.74) is 0. The molecule has 0 bridgehead atoms. The summed E-state index contributed by atoms with van der Waals surface area (Å²) >= 11 is 0. The Hall–Kier alpha value is 0.730. The largest absolute Gasteiger partial charge is 0.331 e. The molecule has 0 aromatic carbocycles. The maximum atomic E-state index is 11.0. The quantitative estimate of drug-likeness (QED) is 0.607. The van der Waals surface area contributed by atoms with Crippen molar-refractivity contribution in [3.8, 4) is 0 Å². The van der Waals surface area contributed by atoms with E-state index in [4.69, 9.17) is 14.7 Å². The van der Waals surface area contributed by atoms with E-state index < -0.39 is 27.5 Å². The van der Waals surface area contributed by atoms with Crippen LogP contribution in [0.4, 0.5) is 0 Å². The van der Waals surface area contributed by atoms with Gasteiger partial charge in [-0.3, -0.25) is 13.4 Å². The Kier molecular flexibility index (Phi) is 5.88. The van der Waals surface area contributed by atoms with Crippen LogP contribution in [0.25, 0.3) is 0 Å². The normalized spacial score (nSPS) is 17.8. The molecule has 80 valence electrons. The topological polar surface area (TPSA) is 104 Å². The fraction of sp³-hybridized carbons (Fsp3) is 1.00. The molecule has 0 aliphatic heterocycles. The van der Waals surface area contributed by atoms with E-state index in [9.17, 15) is 9.13 Å². The van der Waals surface area contributed by atoms with Gasteiger partial charge in [0.25, 0.3) is 0 Å². The van der Waals surface area contributed by atoms with Crippen LogP contribution in [-0.2, 0) is 13.4 Å². The molecule has 0 amide bonds. The first-order valence-corrected chi connectivity index (χ1v) is 8.22. The zero-order valence-corrected chi connectivity index (χ0v) is 9.87. The molecule has 9 heteroatoms. The molecule has 0 aromatic heterocycles. The van der Waals surface area contributed by atoms with Gasteiger partial charge < -0.3 is 14.7 Å². The summed E-state index contributed by atoms with van der Waals surface area (Å²) in [5, 5.41) is 0. The second kappa shape index (κ2) is 5.57. The van der Waals surface area contributed by atoms with Gasteiger partial charge in [-0.2, -0.15) is 0 Å². The van der Waals surface area contributed by atoms with Crippen molar-refractivity contribution in [3.63, 3.8) is 0 Å². The number of rotatable bonds is 6. The molecule has 2 unspecified atom stereocenters. The Morgan fingerprint density at radius 2 is 1.77 bits per heavy atom. The van der Waals surface area contributed by atoms with E-state index in [0.717, 1.165) is 0 Å². The molecule has 0 rings (SSSR count). The Labute approximate surface area is 78.3 Å². The molecule has 0 fully saturated rings. The third kappa shape index (κ3) is 9.04. The van der Waals surface area contributed by atoms with E-state index in [0.29, 0.717) is 6.16 Å². The van der Waals surface area contributed by atoms with E-state index in [2.05, 4.69) is 4.31 Å². The van der Waals surface area contributed by atoms with Crippen molar-refractivity contribution in [2.45, 2.75) is 6.92 Å². The Morgan fingerprint density at radius 1 is 1.23 bits per heavy atom. The fourth-order valence-corrected chi connectivity index (χ4v) is 4.21. The first-order chi connectivity index (χ1) is 5.77. The minimum atomic E-state index is -4.20. The molecule has 0 saturated carbocycles. The molecule has 0 heterocycles. The van der Waals surface area contributed by atoms with Gasteiger partial charge in [0.1, 0.15) is 0 Å². The van der Waals surface area contributed by atoms with Crippen LogP contribution in [-0.4, -0.2) is 33.2 Å². The highest BCUT2D eigenvalue weighted by molar-refractivity contribution is 7.61. The summed E-state index contributed by atoms with van der Waals surface area (Å²) in [6.45, 7) is 1.78. The van der Waals surface area contributed by atoms with E-state index >= 15 is 0 Å². The maximum Gasteiger partial charge on any atom is 0.331 e. The van der Waals surface area contributed by atoms with E-state index in [1.54, 1.807) is 6.92 Å². The van der Waals surface area contributed by atoms with Gasteiger partial charge in [-0.15, -0.1) is 0 Å². The minimum Gasteiger partial charge on any atom is -0.324 e. The summed E-state index contributed by atoms with van der Waals surface area (Å²) in [6, 6.07) is 0. The van der Waals surface area contributed by atoms with Crippen molar-refractivity contribution in [3.05, 3.63) is 0 Å². The maximum absolute atomic E-state index is 11.0. The van der Waals surface area contributed by atoms with Gasteiger partial charge >= 0.3 is 15.2 Å². The summed E-state index contributed by atoms with van der Waals surface area (Å²) in [5.74, 6) is 0. The van der Waals surface area contributed by atoms with Crippen molar-refractivity contribution in [2.75, 3.05) is 18.5 Å². The van der Waals surface area contributed by atoms with E-state index in [1.807, 2.05) is 0 Å². The molecule has 0 aliphatic rings. The van der Waals surface area contributed by atoms with Gasteiger partial charge in [0.05, 0.1) is 12.3 Å². The third-order valence-electron chi connectivity index (χ3n) is 1.03. The second-order valence-electron chi connectivity index (χ2n) is 2.34. The van der Waals surface area contributed by atoms with Gasteiger partial charge in [-0.25, -0.2) is 0 Å². The second-order valence-corrected chi connectivity index (χ2v) is 7.56. The van der Waals surface area contributed by atoms with Crippen LogP contribution < -0.4 is 0 Å². The average molecular weight is 250 g/mol. The average Bonchev–Trinajstić information content (AvgIpc) is 1.97. The molecule has 0 radical (unpaired) electrons. The van der Waals surface area contributed by atoms with Crippen LogP contribution in [0.1, 0.15) is 6.92 Å². The van der Waals surface area contributed by atoms with Crippen molar-refractivity contribution in [1.82, 2.24) is 0 Å².